The molecule has 0 radical (unpaired) electrons. The fourth-order valence-corrected chi connectivity index (χ4v) is 4.62. The number of aliphatic hydroxyl groups is 1. The largest absolute Gasteiger partial charge is 0.489 e. The van der Waals surface area contributed by atoms with Gasteiger partial charge in [0, 0.05) is 0 Å². The topological polar surface area (TPSA) is 55.5 Å². The van der Waals surface area contributed by atoms with E-state index in [1.54, 1.807) is 0 Å². The first kappa shape index (κ1) is 20.6. The third-order valence-corrected chi connectivity index (χ3v) is 6.92. The minimum atomic E-state index is -0.735. The van der Waals surface area contributed by atoms with Gasteiger partial charge in [-0.05, 0) is 88.3 Å². The fraction of sp³-hybridized carbons (Fsp3) is 0.565. The number of aliphatic hydroxyl groups excluding tert-OH is 1. The van der Waals surface area contributed by atoms with E-state index in [0.29, 0.717) is 11.5 Å². The second-order valence-corrected chi connectivity index (χ2v) is 10.1. The highest BCUT2D eigenvalue weighted by atomic mass is 79.9. The Morgan fingerprint density at radius 2 is 1.74 bits per heavy atom. The molecule has 148 valence electrons. The van der Waals surface area contributed by atoms with Crippen LogP contribution in [0.15, 0.2) is 34.8 Å². The molecule has 2 aromatic carbocycles. The van der Waals surface area contributed by atoms with Crippen LogP contribution >= 0.6 is 15.9 Å². The number of ether oxygens (including phenoxy) is 1. The zero-order chi connectivity index (χ0) is 19.8. The van der Waals surface area contributed by atoms with Crippen molar-refractivity contribution in [2.45, 2.75) is 65.0 Å². The van der Waals surface area contributed by atoms with E-state index in [-0.39, 0.29) is 6.61 Å². The Morgan fingerprint density at radius 1 is 1.07 bits per heavy atom. The number of hydrogen-bond donors (Lipinski definition) is 2. The molecule has 0 heterocycles. The molecule has 0 unspecified atom stereocenters. The lowest BCUT2D eigenvalue weighted by molar-refractivity contribution is 0.0878. The van der Waals surface area contributed by atoms with Crippen molar-refractivity contribution in [1.82, 2.24) is 0 Å². The molecule has 3 rings (SSSR count). The van der Waals surface area contributed by atoms with Gasteiger partial charge in [0.2, 0.25) is 0 Å². The molecule has 0 aliphatic heterocycles. The van der Waals surface area contributed by atoms with Crippen molar-refractivity contribution in [1.29, 1.82) is 0 Å². The first-order chi connectivity index (χ1) is 12.6. The van der Waals surface area contributed by atoms with Crippen molar-refractivity contribution in [2.24, 2.45) is 17.1 Å². The van der Waals surface area contributed by atoms with Gasteiger partial charge in [-0.3, -0.25) is 0 Å². The predicted molar refractivity (Wildman–Crippen MR) is 116 cm³/mol. The Kier molecular flexibility index (Phi) is 5.90. The summed E-state index contributed by atoms with van der Waals surface area (Å²) >= 11 is 3.74. The number of fused-ring (bicyclic) bond motifs is 1. The van der Waals surface area contributed by atoms with Crippen LogP contribution in [-0.4, -0.2) is 17.8 Å². The highest BCUT2D eigenvalue weighted by Crippen LogP contribution is 2.40. The van der Waals surface area contributed by atoms with Gasteiger partial charge in [-0.1, -0.05) is 39.0 Å². The van der Waals surface area contributed by atoms with E-state index >= 15 is 0 Å². The average molecular weight is 434 g/mol. The summed E-state index contributed by atoms with van der Waals surface area (Å²) in [4.78, 5) is 0. The van der Waals surface area contributed by atoms with E-state index in [0.717, 1.165) is 45.3 Å². The summed E-state index contributed by atoms with van der Waals surface area (Å²) in [6, 6.07) is 10.2. The quantitative estimate of drug-likeness (QED) is 0.644. The van der Waals surface area contributed by atoms with E-state index < -0.39 is 5.54 Å². The molecule has 2 aromatic rings. The van der Waals surface area contributed by atoms with Crippen molar-refractivity contribution in [3.8, 4) is 5.75 Å². The van der Waals surface area contributed by atoms with E-state index in [2.05, 4.69) is 54.9 Å². The van der Waals surface area contributed by atoms with Gasteiger partial charge in [0.15, 0.2) is 0 Å². The zero-order valence-electron chi connectivity index (χ0n) is 16.9. The smallest absolute Gasteiger partial charge is 0.134 e. The standard InChI is InChI=1S/C23H32BrNO2/c1-22(2,3)16-6-9-18(10-7-16)27-20-12-5-15-13-17(23(4,25)14-26)8-11-19(15)21(20)24/h5,8,11-13,16,18,26H,6-7,9-10,14,25H2,1-4H3/t16-,18-,23-/m0/s1. The lowest BCUT2D eigenvalue weighted by Gasteiger charge is -2.37. The van der Waals surface area contributed by atoms with Gasteiger partial charge in [-0.25, -0.2) is 0 Å². The summed E-state index contributed by atoms with van der Waals surface area (Å²) in [7, 11) is 0. The molecule has 1 fully saturated rings. The van der Waals surface area contributed by atoms with Gasteiger partial charge in [0.25, 0.3) is 0 Å². The Labute approximate surface area is 171 Å². The molecule has 0 spiro atoms. The number of halogens is 1. The minimum Gasteiger partial charge on any atom is -0.489 e. The number of nitrogens with two attached hydrogens (primary N) is 1. The summed E-state index contributed by atoms with van der Waals surface area (Å²) in [6.45, 7) is 8.79. The van der Waals surface area contributed by atoms with E-state index in [1.807, 2.05) is 19.1 Å². The predicted octanol–water partition coefficient (Wildman–Crippen LogP) is 5.75. The second-order valence-electron chi connectivity index (χ2n) is 9.35. The first-order valence-corrected chi connectivity index (χ1v) is 10.7. The summed E-state index contributed by atoms with van der Waals surface area (Å²) in [6.07, 6.45) is 5.00. The molecule has 1 saturated carbocycles. The van der Waals surface area contributed by atoms with Crippen LogP contribution in [0.2, 0.25) is 0 Å². The monoisotopic (exact) mass is 433 g/mol. The molecule has 0 amide bonds. The second kappa shape index (κ2) is 7.73. The maximum atomic E-state index is 9.52. The van der Waals surface area contributed by atoms with Crippen molar-refractivity contribution in [2.75, 3.05) is 6.61 Å². The minimum absolute atomic E-state index is 0.0852. The van der Waals surface area contributed by atoms with E-state index in [9.17, 15) is 5.11 Å². The maximum Gasteiger partial charge on any atom is 0.134 e. The third kappa shape index (κ3) is 4.49. The molecule has 3 N–H and O–H groups in total. The SMILES string of the molecule is CC(C)(C)[C@H]1CC[C@H](Oc2ccc3cc([C@@](C)(N)CO)ccc3c2Br)CC1. The van der Waals surface area contributed by atoms with E-state index in [1.165, 1.54) is 12.8 Å². The van der Waals surface area contributed by atoms with Crippen LogP contribution in [0.4, 0.5) is 0 Å². The molecular formula is C23H32BrNO2. The van der Waals surface area contributed by atoms with Crippen LogP contribution in [0.25, 0.3) is 10.8 Å². The maximum absolute atomic E-state index is 9.52. The Hall–Kier alpha value is -1.10. The Morgan fingerprint density at radius 3 is 2.33 bits per heavy atom. The average Bonchev–Trinajstić information content (AvgIpc) is 2.63. The molecule has 27 heavy (non-hydrogen) atoms. The van der Waals surface area contributed by atoms with Crippen LogP contribution in [0.5, 0.6) is 5.75 Å². The summed E-state index contributed by atoms with van der Waals surface area (Å²) in [5.41, 5.74) is 6.76. The molecule has 1 aliphatic rings. The van der Waals surface area contributed by atoms with Crippen LogP contribution in [0.1, 0.15) is 58.9 Å². The fourth-order valence-electron chi connectivity index (χ4n) is 4.04. The first-order valence-electron chi connectivity index (χ1n) is 9.91. The Balaban J connectivity index is 1.77. The highest BCUT2D eigenvalue weighted by molar-refractivity contribution is 9.10. The van der Waals surface area contributed by atoms with Crippen LogP contribution in [0, 0.1) is 11.3 Å². The molecule has 0 saturated heterocycles. The van der Waals surface area contributed by atoms with Crippen molar-refractivity contribution >= 4 is 26.7 Å². The number of rotatable bonds is 4. The third-order valence-electron chi connectivity index (χ3n) is 6.10. The van der Waals surface area contributed by atoms with Gasteiger partial charge in [-0.2, -0.15) is 0 Å². The summed E-state index contributed by atoms with van der Waals surface area (Å²) in [5, 5.41) is 11.7. The normalized spacial score (nSPS) is 23.2. The number of benzene rings is 2. The van der Waals surface area contributed by atoms with Gasteiger partial charge in [-0.15, -0.1) is 0 Å². The molecule has 0 bridgehead atoms. The summed E-state index contributed by atoms with van der Waals surface area (Å²) < 4.78 is 7.36. The number of hydrogen-bond acceptors (Lipinski definition) is 3. The molecule has 0 aromatic heterocycles. The zero-order valence-corrected chi connectivity index (χ0v) is 18.5. The Bertz CT molecular complexity index is 802. The molecule has 3 nitrogen and oxygen atoms in total. The highest BCUT2D eigenvalue weighted by Gasteiger charge is 2.30. The van der Waals surface area contributed by atoms with Crippen molar-refractivity contribution in [3.05, 3.63) is 40.4 Å². The van der Waals surface area contributed by atoms with Gasteiger partial charge in [0.05, 0.1) is 22.7 Å². The lowest BCUT2D eigenvalue weighted by atomic mass is 9.72. The van der Waals surface area contributed by atoms with Crippen molar-refractivity contribution < 1.29 is 9.84 Å². The lowest BCUT2D eigenvalue weighted by Crippen LogP contribution is -2.36. The van der Waals surface area contributed by atoms with Crippen LogP contribution < -0.4 is 10.5 Å². The molecular weight excluding hydrogens is 402 g/mol. The van der Waals surface area contributed by atoms with Gasteiger partial charge in [0.1, 0.15) is 5.75 Å². The van der Waals surface area contributed by atoms with E-state index in [4.69, 9.17) is 10.5 Å². The summed E-state index contributed by atoms with van der Waals surface area (Å²) in [5.74, 6) is 1.69. The van der Waals surface area contributed by atoms with Crippen LogP contribution in [0.3, 0.4) is 0 Å². The molecule has 1 atom stereocenters. The van der Waals surface area contributed by atoms with Gasteiger partial charge >= 0.3 is 0 Å². The van der Waals surface area contributed by atoms with Crippen molar-refractivity contribution in [3.63, 3.8) is 0 Å². The molecule has 4 heteroatoms. The van der Waals surface area contributed by atoms with Crippen LogP contribution in [-0.2, 0) is 5.54 Å². The molecule has 1 aliphatic carbocycles. The van der Waals surface area contributed by atoms with Gasteiger partial charge < -0.3 is 15.6 Å².